The van der Waals surface area contributed by atoms with Gasteiger partial charge in [0.15, 0.2) is 0 Å². The smallest absolute Gasteiger partial charge is 0.494 e. The molecule has 2 aliphatic heterocycles. The number of aromatic amines is 2. The molecule has 0 aliphatic carbocycles. The Kier molecular flexibility index (Phi) is 13.3. The molecule has 0 radical (unpaired) electrons. The zero-order chi connectivity index (χ0) is 45.0. The van der Waals surface area contributed by atoms with Gasteiger partial charge >= 0.3 is 37.4 Å². The quantitative estimate of drug-likeness (QED) is 0.0450. The van der Waals surface area contributed by atoms with Crippen LogP contribution in [0.4, 0.5) is 0 Å². The van der Waals surface area contributed by atoms with Gasteiger partial charge in [0.1, 0.15) is 5.75 Å². The molecule has 12 nitrogen and oxygen atoms in total. The van der Waals surface area contributed by atoms with Crippen LogP contribution >= 0.6 is 0 Å². The molecular weight excluding hydrogens is 886 g/mol. The van der Waals surface area contributed by atoms with E-state index < -0.39 is 17.9 Å². The number of unbranched alkanes of at least 4 members (excludes halogenated alkanes) is 3. The van der Waals surface area contributed by atoms with Crippen LogP contribution in [-0.2, 0) is 19.5 Å². The Balaban J connectivity index is 0.00000592. The van der Waals surface area contributed by atoms with E-state index in [0.29, 0.717) is 57.1 Å². The molecule has 4 aromatic carbocycles. The number of aliphatic hydroxyl groups excluding tert-OH is 1. The maximum atomic E-state index is 11.9. The van der Waals surface area contributed by atoms with Crippen molar-refractivity contribution in [3.63, 3.8) is 0 Å². The third-order valence-corrected chi connectivity index (χ3v) is 11.5. The number of ether oxygens (including phenoxy) is 1. The summed E-state index contributed by atoms with van der Waals surface area (Å²) in [5.41, 5.74) is 11.7. The fourth-order valence-corrected chi connectivity index (χ4v) is 8.23. The minimum absolute atomic E-state index is 0. The summed E-state index contributed by atoms with van der Waals surface area (Å²) < 4.78 is 6.08. The van der Waals surface area contributed by atoms with Crippen molar-refractivity contribution in [2.45, 2.75) is 25.7 Å². The third-order valence-electron chi connectivity index (χ3n) is 11.5. The summed E-state index contributed by atoms with van der Waals surface area (Å²) in [6.45, 7) is 0.745. The fraction of sp³-hybridized carbons (Fsp3) is 0.113. The maximum absolute atomic E-state index is 11.9. The Morgan fingerprint density at radius 1 is 0.424 bits per heavy atom. The van der Waals surface area contributed by atoms with E-state index >= 15 is 0 Å². The molecule has 5 heterocycles. The molecule has 322 valence electrons. The second kappa shape index (κ2) is 19.6. The summed E-state index contributed by atoms with van der Waals surface area (Å²) in [5.74, 6) is -2.40. The van der Waals surface area contributed by atoms with E-state index in [0.717, 1.165) is 70.3 Å². The summed E-state index contributed by atoms with van der Waals surface area (Å²) in [6, 6.07) is 35.6. The van der Waals surface area contributed by atoms with Gasteiger partial charge in [-0.2, -0.15) is 0 Å². The molecule has 0 saturated carbocycles. The molecule has 9 rings (SSSR count). The number of hydrogen-bond acceptors (Lipinski definition) is 7. The number of nitrogens with zero attached hydrogens (tertiary/aromatic N) is 2. The van der Waals surface area contributed by atoms with Crippen LogP contribution in [0.1, 0.15) is 79.5 Å². The van der Waals surface area contributed by atoms with Crippen LogP contribution < -0.4 is 4.74 Å². The molecule has 0 saturated heterocycles. The van der Waals surface area contributed by atoms with Crippen molar-refractivity contribution in [1.29, 1.82) is 0 Å². The fourth-order valence-electron chi connectivity index (χ4n) is 8.23. The van der Waals surface area contributed by atoms with Crippen molar-refractivity contribution in [1.82, 2.24) is 19.9 Å². The van der Waals surface area contributed by atoms with Crippen molar-refractivity contribution in [3.05, 3.63) is 161 Å². The molecule has 6 N–H and O–H groups in total. The SMILES string of the molecule is O=C(O)c1ccc(-c2c3nc(c(-c4ccc(C(=O)O)cc4)c4ccc([nH]4)c(-c4ccc(C(=O)O)cc4)c4nc(c(-c5ccc(OCCCCCCO)cc5)c5ccc2[nH]5)C=C4)C=C3)cc1.[Zn+2]. The van der Waals surface area contributed by atoms with E-state index in [1.54, 1.807) is 72.8 Å². The zero-order valence-corrected chi connectivity index (χ0v) is 38.6. The van der Waals surface area contributed by atoms with Gasteiger partial charge in [-0.1, -0.05) is 55.0 Å². The van der Waals surface area contributed by atoms with Crippen molar-refractivity contribution in [3.8, 4) is 50.3 Å². The van der Waals surface area contributed by atoms with Gasteiger partial charge in [0.25, 0.3) is 0 Å². The van der Waals surface area contributed by atoms with E-state index in [-0.39, 0.29) is 42.8 Å². The van der Waals surface area contributed by atoms with Gasteiger partial charge in [-0.15, -0.1) is 0 Å². The van der Waals surface area contributed by atoms with E-state index in [2.05, 4.69) is 9.97 Å². The molecule has 3 aromatic heterocycles. The number of benzene rings is 4. The van der Waals surface area contributed by atoms with Crippen LogP contribution in [0.25, 0.3) is 90.9 Å². The van der Waals surface area contributed by atoms with Gasteiger partial charge in [-0.05, 0) is 139 Å². The van der Waals surface area contributed by atoms with Gasteiger partial charge in [-0.25, -0.2) is 24.4 Å². The summed E-state index contributed by atoms with van der Waals surface area (Å²) in [7, 11) is 0. The van der Waals surface area contributed by atoms with Crippen LogP contribution in [0.5, 0.6) is 5.75 Å². The molecule has 7 aromatic rings. The first-order valence-electron chi connectivity index (χ1n) is 21.2. The first-order valence-corrected chi connectivity index (χ1v) is 21.2. The summed E-state index contributed by atoms with van der Waals surface area (Å²) >= 11 is 0. The number of rotatable bonds is 14. The molecular formula is C53H42N4O8Zn+2. The van der Waals surface area contributed by atoms with Crippen LogP contribution in [0.2, 0.25) is 0 Å². The molecule has 0 spiro atoms. The van der Waals surface area contributed by atoms with Gasteiger partial charge in [-0.3, -0.25) is 0 Å². The molecule has 13 heteroatoms. The standard InChI is InChI=1S/C53H42N4O8.Zn/c58-29-3-1-2-4-30-65-38-19-17-34(18-20-38)50-45-27-25-43(56-45)48(32-7-13-36(14-8-32)52(61)62)41-23-21-39(54-41)47(31-5-11-35(12-6-31)51(59)60)40-22-24-42(55-40)49(44-26-28-46(50)57-44)33-9-15-37(16-10-33)53(63)64;/h5-28,54,57-58H,1-4,29-30H2,(H,59,60)(H,61,62)(H,63,64);/q;+2. The molecule has 2 aliphatic rings. The molecule has 8 bridgehead atoms. The first-order chi connectivity index (χ1) is 31.6. The number of aliphatic hydroxyl groups is 1. The Morgan fingerprint density at radius 3 is 1.03 bits per heavy atom. The van der Waals surface area contributed by atoms with Crippen molar-refractivity contribution in [2.24, 2.45) is 0 Å². The van der Waals surface area contributed by atoms with Crippen LogP contribution in [0, 0.1) is 0 Å². The number of hydrogen-bond donors (Lipinski definition) is 6. The summed E-state index contributed by atoms with van der Waals surface area (Å²) in [5, 5.41) is 38.3. The van der Waals surface area contributed by atoms with Crippen molar-refractivity contribution >= 4 is 64.3 Å². The number of carbonyl (C=O) groups is 3. The van der Waals surface area contributed by atoms with E-state index in [1.165, 1.54) is 0 Å². The van der Waals surface area contributed by atoms with Crippen molar-refractivity contribution < 1.29 is 59.0 Å². The zero-order valence-electron chi connectivity index (χ0n) is 35.6. The van der Waals surface area contributed by atoms with E-state index in [4.69, 9.17) is 19.8 Å². The Bertz CT molecular complexity index is 3150. The van der Waals surface area contributed by atoms with Crippen LogP contribution in [0.15, 0.2) is 121 Å². The topological polar surface area (TPSA) is 199 Å². The Hall–Kier alpha value is -7.73. The largest absolute Gasteiger partial charge is 2.00 e. The third kappa shape index (κ3) is 9.26. The summed E-state index contributed by atoms with van der Waals surface area (Å²) in [4.78, 5) is 53.5. The van der Waals surface area contributed by atoms with Gasteiger partial charge < -0.3 is 35.1 Å². The van der Waals surface area contributed by atoms with Gasteiger partial charge in [0.2, 0.25) is 0 Å². The molecule has 0 atom stereocenters. The molecule has 0 amide bonds. The average Bonchev–Trinajstić information content (AvgIpc) is 4.17. The van der Waals surface area contributed by atoms with Gasteiger partial charge in [0.05, 0.1) is 46.1 Å². The Labute approximate surface area is 391 Å². The van der Waals surface area contributed by atoms with Gasteiger partial charge in [0, 0.05) is 50.9 Å². The number of carboxylic acid groups (broad SMARTS) is 3. The van der Waals surface area contributed by atoms with E-state index in [9.17, 15) is 29.7 Å². The monoisotopic (exact) mass is 926 g/mol. The molecule has 66 heavy (non-hydrogen) atoms. The second-order valence-electron chi connectivity index (χ2n) is 15.7. The Morgan fingerprint density at radius 2 is 0.727 bits per heavy atom. The number of fused-ring (bicyclic) bond motifs is 8. The first kappa shape index (κ1) is 44.9. The average molecular weight is 928 g/mol. The van der Waals surface area contributed by atoms with E-state index in [1.807, 2.05) is 72.8 Å². The molecule has 0 fully saturated rings. The predicted molar refractivity (Wildman–Crippen MR) is 253 cm³/mol. The van der Waals surface area contributed by atoms with Crippen LogP contribution in [0.3, 0.4) is 0 Å². The maximum Gasteiger partial charge on any atom is 2.00 e. The summed E-state index contributed by atoms with van der Waals surface area (Å²) in [6.07, 6.45) is 11.3. The predicted octanol–water partition coefficient (Wildman–Crippen LogP) is 11.3. The minimum atomic E-state index is -1.05. The number of carboxylic acids is 3. The number of aromatic nitrogens is 4. The normalized spacial score (nSPS) is 11.6. The van der Waals surface area contributed by atoms with Crippen LogP contribution in [-0.4, -0.2) is 71.5 Å². The number of nitrogens with one attached hydrogen (secondary N) is 2. The molecule has 0 unspecified atom stereocenters. The number of H-pyrrole nitrogens is 2. The second-order valence-corrected chi connectivity index (χ2v) is 15.7. The minimum Gasteiger partial charge on any atom is -0.494 e. The number of aromatic carboxylic acids is 3. The van der Waals surface area contributed by atoms with Crippen molar-refractivity contribution in [2.75, 3.05) is 13.2 Å².